The first-order valence-corrected chi connectivity index (χ1v) is 21.0. The second kappa shape index (κ2) is 25.3. The third-order valence-electron chi connectivity index (χ3n) is 10.3. The molecule has 2 fully saturated rings. The maximum atomic E-state index is 12.9. The third kappa shape index (κ3) is 22.2. The Morgan fingerprint density at radius 1 is 0.567 bits per heavy atom. The number of amides is 4. The number of alkyl carbamates (subject to hydrolysis) is 4. The number of carbonyl (C=O) groups excluding carboxylic acids is 6. The summed E-state index contributed by atoms with van der Waals surface area (Å²) in [7, 11) is 0. The predicted molar refractivity (Wildman–Crippen MR) is 223 cm³/mol. The molecule has 2 aliphatic carbocycles. The topological polar surface area (TPSA) is 215 Å². The number of carbonyl (C=O) groups is 6. The molecule has 17 nitrogen and oxygen atoms in total. The number of hydrogen-bond acceptors (Lipinski definition) is 13. The minimum absolute atomic E-state index is 0.0947. The summed E-state index contributed by atoms with van der Waals surface area (Å²) < 4.78 is 36.8. The average molecular weight is 853 g/mol. The van der Waals surface area contributed by atoms with Crippen molar-refractivity contribution in [3.05, 3.63) is 25.3 Å². The molecule has 0 heterocycles. The molecule has 4 N–H and O–H groups in total. The van der Waals surface area contributed by atoms with Crippen molar-refractivity contribution in [1.82, 2.24) is 21.3 Å². The first-order chi connectivity index (χ1) is 28.2. The van der Waals surface area contributed by atoms with E-state index in [4.69, 9.17) is 33.2 Å². The van der Waals surface area contributed by atoms with Crippen molar-refractivity contribution in [3.8, 4) is 0 Å². The normalized spacial score (nSPS) is 23.3. The van der Waals surface area contributed by atoms with E-state index in [1.54, 1.807) is 6.92 Å². The Morgan fingerprint density at radius 2 is 1.00 bits per heavy atom. The highest BCUT2D eigenvalue weighted by atomic mass is 16.6. The van der Waals surface area contributed by atoms with Crippen molar-refractivity contribution in [3.63, 3.8) is 0 Å². The van der Waals surface area contributed by atoms with Gasteiger partial charge < -0.3 is 54.4 Å². The Hall–Kier alpha value is -4.54. The Balaban J connectivity index is 1.70. The van der Waals surface area contributed by atoms with Crippen LogP contribution in [0, 0.1) is 21.7 Å². The molecule has 0 bridgehead atoms. The fourth-order valence-electron chi connectivity index (χ4n) is 8.67. The van der Waals surface area contributed by atoms with Crippen LogP contribution in [0.4, 0.5) is 19.2 Å². The molecule has 342 valence electrons. The zero-order valence-electron chi connectivity index (χ0n) is 37.0. The van der Waals surface area contributed by atoms with Crippen molar-refractivity contribution < 1.29 is 61.9 Å². The van der Waals surface area contributed by atoms with Crippen molar-refractivity contribution in [2.75, 3.05) is 59.3 Å². The molecule has 0 aromatic rings. The van der Waals surface area contributed by atoms with Gasteiger partial charge in [-0.3, -0.25) is 0 Å². The van der Waals surface area contributed by atoms with Crippen molar-refractivity contribution in [2.24, 2.45) is 21.7 Å². The Bertz CT molecular complexity index is 1440. The van der Waals surface area contributed by atoms with Gasteiger partial charge in [-0.05, 0) is 92.8 Å². The lowest BCUT2D eigenvalue weighted by Gasteiger charge is -2.46. The molecule has 0 aromatic carbocycles. The minimum atomic E-state index is -0.716. The second-order valence-corrected chi connectivity index (χ2v) is 18.4. The van der Waals surface area contributed by atoms with Gasteiger partial charge in [0.2, 0.25) is 0 Å². The highest BCUT2D eigenvalue weighted by Gasteiger charge is 2.43. The van der Waals surface area contributed by atoms with E-state index in [1.807, 2.05) is 0 Å². The molecule has 2 saturated carbocycles. The van der Waals surface area contributed by atoms with Gasteiger partial charge in [0.05, 0.1) is 26.4 Å². The van der Waals surface area contributed by atoms with E-state index < -0.39 is 42.4 Å². The zero-order chi connectivity index (χ0) is 44.8. The van der Waals surface area contributed by atoms with Gasteiger partial charge in [0.15, 0.2) is 0 Å². The fraction of sp³-hybridized carbons (Fsp3) is 0.767. The summed E-state index contributed by atoms with van der Waals surface area (Å²) in [5, 5.41) is 11.6. The number of hydrogen-bond donors (Lipinski definition) is 4. The third-order valence-corrected chi connectivity index (χ3v) is 10.3. The SMILES string of the molecule is C=CC(=O)OCCCCOCCOC(=O)NCC1(C)CC(NC(=O)OCC(C)OC(=O)NCC2(C)CC(NC(=O)OCCCCOC(=O)C=C)CC(C)(C)C2)CC(C)(C)C1. The molecule has 60 heavy (non-hydrogen) atoms. The molecule has 4 amide bonds. The summed E-state index contributed by atoms with van der Waals surface area (Å²) in [4.78, 5) is 72.8. The molecule has 0 saturated heterocycles. The quantitative estimate of drug-likeness (QED) is 0.0354. The monoisotopic (exact) mass is 853 g/mol. The molecule has 0 spiro atoms. The van der Waals surface area contributed by atoms with Crippen LogP contribution in [0.25, 0.3) is 0 Å². The van der Waals surface area contributed by atoms with Crippen LogP contribution in [-0.2, 0) is 42.7 Å². The first kappa shape index (κ1) is 51.6. The molecule has 0 radical (unpaired) electrons. The molecule has 2 aliphatic rings. The van der Waals surface area contributed by atoms with Gasteiger partial charge >= 0.3 is 36.3 Å². The summed E-state index contributed by atoms with van der Waals surface area (Å²) in [6.45, 7) is 23.0. The number of esters is 2. The molecule has 17 heteroatoms. The second-order valence-electron chi connectivity index (χ2n) is 18.4. The van der Waals surface area contributed by atoms with Crippen LogP contribution in [-0.4, -0.2) is 114 Å². The van der Waals surface area contributed by atoms with Gasteiger partial charge in [0, 0.05) is 43.9 Å². The summed E-state index contributed by atoms with van der Waals surface area (Å²) in [6.07, 6.45) is 5.96. The van der Waals surface area contributed by atoms with E-state index in [9.17, 15) is 28.8 Å². The van der Waals surface area contributed by atoms with E-state index in [2.05, 4.69) is 76.0 Å². The van der Waals surface area contributed by atoms with Gasteiger partial charge in [-0.2, -0.15) is 0 Å². The molecule has 0 aliphatic heterocycles. The molecule has 5 unspecified atom stereocenters. The Kier molecular flexibility index (Phi) is 21.7. The van der Waals surface area contributed by atoms with Crippen LogP contribution >= 0.6 is 0 Å². The Labute approximate surface area is 356 Å². The lowest BCUT2D eigenvalue weighted by molar-refractivity contribution is -0.138. The van der Waals surface area contributed by atoms with Crippen LogP contribution in [0.2, 0.25) is 0 Å². The van der Waals surface area contributed by atoms with Crippen molar-refractivity contribution >= 4 is 36.3 Å². The number of unbranched alkanes of at least 4 members (excludes halogenated alkanes) is 2. The van der Waals surface area contributed by atoms with Crippen LogP contribution in [0.1, 0.15) is 113 Å². The largest absolute Gasteiger partial charge is 0.463 e. The summed E-state index contributed by atoms with van der Waals surface area (Å²) in [6, 6.07) is -0.371. The lowest BCUT2D eigenvalue weighted by atomic mass is 9.62. The van der Waals surface area contributed by atoms with E-state index in [0.717, 1.165) is 31.4 Å². The van der Waals surface area contributed by atoms with Crippen molar-refractivity contribution in [2.45, 2.75) is 131 Å². The van der Waals surface area contributed by atoms with Gasteiger partial charge in [-0.1, -0.05) is 54.7 Å². The smallest absolute Gasteiger partial charge is 0.407 e. The minimum Gasteiger partial charge on any atom is -0.463 e. The lowest BCUT2D eigenvalue weighted by Crippen LogP contribution is -2.51. The number of rotatable bonds is 24. The molecule has 5 atom stereocenters. The predicted octanol–water partition coefficient (Wildman–Crippen LogP) is 6.49. The number of nitrogens with one attached hydrogen (secondary N) is 4. The standard InChI is InChI=1S/C43H72N4O13/c1-10-34(48)55-17-13-12-16-54-20-21-58-36(50)44-29-42(8)25-33(23-41(6,7)27-42)47-39(53)59-26-31(3)60-37(51)45-30-43(9)24-32(22-40(4,5)28-43)46-38(52)57-19-15-14-18-56-35(49)11-2/h10-11,31-33H,1-2,12-30H2,3-9H3,(H,44,50)(H,45,51)(H,46,52)(H,47,53). The fourth-order valence-corrected chi connectivity index (χ4v) is 8.67. The van der Waals surface area contributed by atoms with Crippen LogP contribution in [0.3, 0.4) is 0 Å². The van der Waals surface area contributed by atoms with Crippen LogP contribution in [0.5, 0.6) is 0 Å². The highest BCUT2D eigenvalue weighted by Crippen LogP contribution is 2.47. The van der Waals surface area contributed by atoms with Crippen LogP contribution in [0.15, 0.2) is 25.3 Å². The maximum Gasteiger partial charge on any atom is 0.407 e. The molecule has 0 aromatic heterocycles. The zero-order valence-corrected chi connectivity index (χ0v) is 37.0. The summed E-state index contributed by atoms with van der Waals surface area (Å²) in [5.41, 5.74) is -0.905. The van der Waals surface area contributed by atoms with E-state index in [0.29, 0.717) is 71.2 Å². The molecule has 2 rings (SSSR count). The maximum absolute atomic E-state index is 12.9. The van der Waals surface area contributed by atoms with Gasteiger partial charge in [-0.25, -0.2) is 28.8 Å². The van der Waals surface area contributed by atoms with E-state index >= 15 is 0 Å². The average Bonchev–Trinajstić information content (AvgIpc) is 3.14. The first-order valence-electron chi connectivity index (χ1n) is 21.0. The highest BCUT2D eigenvalue weighted by molar-refractivity contribution is 5.81. The molecular weight excluding hydrogens is 780 g/mol. The van der Waals surface area contributed by atoms with E-state index in [1.165, 1.54) is 0 Å². The summed E-state index contributed by atoms with van der Waals surface area (Å²) >= 11 is 0. The van der Waals surface area contributed by atoms with Crippen LogP contribution < -0.4 is 21.3 Å². The summed E-state index contributed by atoms with van der Waals surface area (Å²) in [5.74, 6) is -0.944. The van der Waals surface area contributed by atoms with Gasteiger partial charge in [0.1, 0.15) is 19.3 Å². The van der Waals surface area contributed by atoms with Crippen molar-refractivity contribution in [1.29, 1.82) is 0 Å². The Morgan fingerprint density at radius 3 is 1.50 bits per heavy atom. The van der Waals surface area contributed by atoms with Gasteiger partial charge in [0.25, 0.3) is 0 Å². The van der Waals surface area contributed by atoms with E-state index in [-0.39, 0.29) is 66.8 Å². The molecular formula is C43H72N4O13. The van der Waals surface area contributed by atoms with Gasteiger partial charge in [-0.15, -0.1) is 0 Å². The number of ether oxygens (including phenoxy) is 7.